The number of carbonyl (C=O) groups is 2. The Bertz CT molecular complexity index is 367. The number of nitrogens with zero attached hydrogens (tertiary/aromatic N) is 3. The monoisotopic (exact) mass is 318 g/mol. The molecule has 3 amide bonds. The Hall–Kier alpha value is -1.44. The van der Waals surface area contributed by atoms with Gasteiger partial charge in [0.2, 0.25) is 0 Å². The van der Waals surface area contributed by atoms with Crippen LogP contribution < -0.4 is 5.32 Å². The first-order valence-electron chi connectivity index (χ1n) is 6.79. The van der Waals surface area contributed by atoms with Crippen molar-refractivity contribution in [3.05, 3.63) is 0 Å². The Labute approximate surface area is 132 Å². The molecule has 0 aromatic rings. The van der Waals surface area contributed by atoms with Crippen LogP contribution >= 0.6 is 12.8 Å². The molecule has 0 spiro atoms. The first-order valence-corrected chi connectivity index (χ1v) is 7.19. The number of thiol groups is 1. The van der Waals surface area contributed by atoms with Crippen LogP contribution in [-0.4, -0.2) is 60.5 Å². The standard InChI is InChI=1S/C13H26N4O3S/c1-13(2,3)20-12(19)14-8-6-7-9-17(21)11(18)15-10-16(4)5/h10,21H,6-9H2,1-5H3,(H,14,19). The van der Waals surface area contributed by atoms with Gasteiger partial charge in [-0.2, -0.15) is 4.99 Å². The molecule has 0 unspecified atom stereocenters. The molecule has 0 aromatic heterocycles. The van der Waals surface area contributed by atoms with Crippen LogP contribution in [0, 0.1) is 0 Å². The SMILES string of the molecule is CN(C)C=NC(=O)N(S)CCCCNC(=O)OC(C)(C)C. The molecule has 122 valence electrons. The molecular weight excluding hydrogens is 292 g/mol. The van der Waals surface area contributed by atoms with Gasteiger partial charge in [0.05, 0.1) is 6.34 Å². The largest absolute Gasteiger partial charge is 0.444 e. The molecule has 0 aromatic carbocycles. The number of carbonyl (C=O) groups excluding carboxylic acids is 2. The summed E-state index contributed by atoms with van der Waals surface area (Å²) in [5.41, 5.74) is -0.497. The number of urea groups is 1. The number of rotatable bonds is 6. The van der Waals surface area contributed by atoms with Gasteiger partial charge >= 0.3 is 12.1 Å². The lowest BCUT2D eigenvalue weighted by Crippen LogP contribution is -2.33. The van der Waals surface area contributed by atoms with E-state index < -0.39 is 17.7 Å². The first-order chi connectivity index (χ1) is 9.61. The fraction of sp³-hybridized carbons (Fsp3) is 0.769. The number of hydrogen-bond donors (Lipinski definition) is 2. The summed E-state index contributed by atoms with van der Waals surface area (Å²) >= 11 is 4.07. The molecule has 21 heavy (non-hydrogen) atoms. The van der Waals surface area contributed by atoms with Gasteiger partial charge < -0.3 is 15.0 Å². The van der Waals surface area contributed by atoms with Crippen molar-refractivity contribution in [2.24, 2.45) is 4.99 Å². The summed E-state index contributed by atoms with van der Waals surface area (Å²) in [6, 6.07) is -0.410. The molecule has 0 atom stereocenters. The highest BCUT2D eigenvalue weighted by Crippen LogP contribution is 2.06. The third kappa shape index (κ3) is 12.0. The van der Waals surface area contributed by atoms with Crippen molar-refractivity contribution >= 4 is 31.3 Å². The van der Waals surface area contributed by atoms with Crippen LogP contribution in [0.5, 0.6) is 0 Å². The molecule has 7 nitrogen and oxygen atoms in total. The number of hydrogen-bond acceptors (Lipinski definition) is 4. The molecular formula is C13H26N4O3S. The maximum Gasteiger partial charge on any atom is 0.407 e. The molecule has 0 saturated carbocycles. The molecule has 0 bridgehead atoms. The lowest BCUT2D eigenvalue weighted by atomic mass is 10.2. The zero-order chi connectivity index (χ0) is 16.5. The molecule has 0 fully saturated rings. The minimum atomic E-state index is -0.497. The van der Waals surface area contributed by atoms with E-state index in [1.54, 1.807) is 19.0 Å². The Kier molecular flexibility index (Phi) is 8.84. The fourth-order valence-electron chi connectivity index (χ4n) is 1.22. The maximum absolute atomic E-state index is 11.5. The lowest BCUT2D eigenvalue weighted by molar-refractivity contribution is 0.0527. The fourth-order valence-corrected chi connectivity index (χ4v) is 1.41. The molecule has 0 aliphatic carbocycles. The summed E-state index contributed by atoms with van der Waals surface area (Å²) in [6.07, 6.45) is 2.43. The second-order valence-corrected chi connectivity index (χ2v) is 6.23. The Morgan fingerprint density at radius 1 is 1.29 bits per heavy atom. The van der Waals surface area contributed by atoms with E-state index in [0.717, 1.165) is 6.42 Å². The lowest BCUT2D eigenvalue weighted by Gasteiger charge is -2.19. The highest BCUT2D eigenvalue weighted by molar-refractivity contribution is 7.78. The summed E-state index contributed by atoms with van der Waals surface area (Å²) in [7, 11) is 3.56. The summed E-state index contributed by atoms with van der Waals surface area (Å²) < 4.78 is 6.35. The Morgan fingerprint density at radius 3 is 2.43 bits per heavy atom. The minimum Gasteiger partial charge on any atom is -0.444 e. The summed E-state index contributed by atoms with van der Waals surface area (Å²) in [5.74, 6) is 0. The van der Waals surface area contributed by atoms with Crippen LogP contribution in [0.4, 0.5) is 9.59 Å². The van der Waals surface area contributed by atoms with Crippen molar-refractivity contribution in [2.45, 2.75) is 39.2 Å². The van der Waals surface area contributed by atoms with Crippen molar-refractivity contribution in [3.8, 4) is 0 Å². The third-order valence-electron chi connectivity index (χ3n) is 2.08. The van der Waals surface area contributed by atoms with Crippen LogP contribution in [0.25, 0.3) is 0 Å². The van der Waals surface area contributed by atoms with Gasteiger partial charge in [0.25, 0.3) is 0 Å². The smallest absolute Gasteiger partial charge is 0.407 e. The number of aliphatic imine (C=N–C) groups is 1. The van der Waals surface area contributed by atoms with E-state index in [9.17, 15) is 9.59 Å². The van der Waals surface area contributed by atoms with Crippen LogP contribution in [-0.2, 0) is 4.74 Å². The average Bonchev–Trinajstić information content (AvgIpc) is 2.32. The third-order valence-corrected chi connectivity index (χ3v) is 2.46. The van der Waals surface area contributed by atoms with Gasteiger partial charge in [-0.05, 0) is 33.6 Å². The number of ether oxygens (including phenoxy) is 1. The van der Waals surface area contributed by atoms with E-state index in [-0.39, 0.29) is 0 Å². The van der Waals surface area contributed by atoms with Crippen LogP contribution in [0.3, 0.4) is 0 Å². The molecule has 0 heterocycles. The molecule has 1 N–H and O–H groups in total. The Balaban J connectivity index is 3.76. The first kappa shape index (κ1) is 19.6. The van der Waals surface area contributed by atoms with Crippen LogP contribution in [0.1, 0.15) is 33.6 Å². The molecule has 8 heteroatoms. The summed E-state index contributed by atoms with van der Waals surface area (Å²) in [5, 5.41) is 2.66. The van der Waals surface area contributed by atoms with Gasteiger partial charge in [-0.15, -0.1) is 0 Å². The molecule has 0 rings (SSSR count). The second-order valence-electron chi connectivity index (χ2n) is 5.75. The molecule has 0 aliphatic heterocycles. The normalized spacial score (nSPS) is 11.3. The predicted octanol–water partition coefficient (Wildman–Crippen LogP) is 2.15. The number of nitrogens with one attached hydrogen (secondary N) is 1. The number of unbranched alkanes of at least 4 members (excludes halogenated alkanes) is 1. The van der Waals surface area contributed by atoms with E-state index in [1.807, 2.05) is 20.8 Å². The topological polar surface area (TPSA) is 74.2 Å². The number of alkyl carbamates (subject to hydrolysis) is 1. The quantitative estimate of drug-likeness (QED) is 0.341. The zero-order valence-electron chi connectivity index (χ0n) is 13.4. The molecule has 0 aliphatic rings. The van der Waals surface area contributed by atoms with E-state index in [2.05, 4.69) is 23.1 Å². The van der Waals surface area contributed by atoms with E-state index >= 15 is 0 Å². The van der Waals surface area contributed by atoms with Crippen molar-refractivity contribution in [1.82, 2.24) is 14.5 Å². The average molecular weight is 318 g/mol. The maximum atomic E-state index is 11.5. The van der Waals surface area contributed by atoms with Gasteiger partial charge in [0, 0.05) is 27.2 Å². The van der Waals surface area contributed by atoms with E-state index in [4.69, 9.17) is 4.74 Å². The van der Waals surface area contributed by atoms with E-state index in [0.29, 0.717) is 19.5 Å². The zero-order valence-corrected chi connectivity index (χ0v) is 14.3. The predicted molar refractivity (Wildman–Crippen MR) is 86.7 cm³/mol. The van der Waals surface area contributed by atoms with Gasteiger partial charge in [-0.3, -0.25) is 4.31 Å². The highest BCUT2D eigenvalue weighted by Gasteiger charge is 2.15. The van der Waals surface area contributed by atoms with Crippen molar-refractivity contribution in [2.75, 3.05) is 27.2 Å². The van der Waals surface area contributed by atoms with Crippen molar-refractivity contribution in [1.29, 1.82) is 0 Å². The van der Waals surface area contributed by atoms with Crippen molar-refractivity contribution < 1.29 is 14.3 Å². The van der Waals surface area contributed by atoms with Gasteiger partial charge in [0.15, 0.2) is 0 Å². The van der Waals surface area contributed by atoms with Crippen LogP contribution in [0.2, 0.25) is 0 Å². The second kappa shape index (κ2) is 9.49. The van der Waals surface area contributed by atoms with Crippen molar-refractivity contribution in [3.63, 3.8) is 0 Å². The molecule has 0 radical (unpaired) electrons. The van der Waals surface area contributed by atoms with Crippen LogP contribution in [0.15, 0.2) is 4.99 Å². The van der Waals surface area contributed by atoms with Gasteiger partial charge in [0.1, 0.15) is 5.60 Å². The summed E-state index contributed by atoms with van der Waals surface area (Å²) in [6.45, 7) is 6.38. The van der Waals surface area contributed by atoms with Gasteiger partial charge in [-0.1, -0.05) is 12.8 Å². The highest BCUT2D eigenvalue weighted by atomic mass is 32.1. The number of amides is 3. The summed E-state index contributed by atoms with van der Waals surface area (Å²) in [4.78, 5) is 28.3. The van der Waals surface area contributed by atoms with E-state index in [1.165, 1.54) is 10.6 Å². The molecule has 0 saturated heterocycles. The Morgan fingerprint density at radius 2 is 1.90 bits per heavy atom. The minimum absolute atomic E-state index is 0.410. The van der Waals surface area contributed by atoms with Gasteiger partial charge in [-0.25, -0.2) is 9.59 Å².